The number of rotatable bonds is 1. The molecule has 1 aromatic heterocycles. The van der Waals surface area contributed by atoms with Gasteiger partial charge in [-0.05, 0) is 34.5 Å². The molecule has 0 saturated carbocycles. The lowest BCUT2D eigenvalue weighted by Gasteiger charge is -2.04. The minimum absolute atomic E-state index is 0.396. The van der Waals surface area contributed by atoms with Crippen molar-refractivity contribution in [2.75, 3.05) is 0 Å². The molecule has 20 heavy (non-hydrogen) atoms. The van der Waals surface area contributed by atoms with Crippen LogP contribution in [0.1, 0.15) is 10.4 Å². The quantitative estimate of drug-likeness (QED) is 0.419. The van der Waals surface area contributed by atoms with Crippen LogP contribution in [0.25, 0.3) is 30.9 Å². The Hall–Kier alpha value is -1.90. The van der Waals surface area contributed by atoms with Gasteiger partial charge in [0.25, 0.3) is 5.24 Å². The molecule has 4 aromatic rings. The van der Waals surface area contributed by atoms with E-state index >= 15 is 0 Å². The van der Waals surface area contributed by atoms with Crippen LogP contribution in [0.2, 0.25) is 0 Å². The van der Waals surface area contributed by atoms with Crippen molar-refractivity contribution in [2.24, 2.45) is 0 Å². The highest BCUT2D eigenvalue weighted by atomic mass is 35.5. The zero-order valence-electron chi connectivity index (χ0n) is 10.4. The summed E-state index contributed by atoms with van der Waals surface area (Å²) in [6, 6.07) is 18.2. The van der Waals surface area contributed by atoms with Gasteiger partial charge in [0.05, 0.1) is 5.56 Å². The average molecular weight is 297 g/mol. The van der Waals surface area contributed by atoms with Crippen molar-refractivity contribution in [1.29, 1.82) is 0 Å². The summed E-state index contributed by atoms with van der Waals surface area (Å²) in [6.45, 7) is 0. The van der Waals surface area contributed by atoms with Crippen LogP contribution in [0, 0.1) is 0 Å². The van der Waals surface area contributed by atoms with E-state index in [9.17, 15) is 4.79 Å². The molecule has 3 heteroatoms. The second-order valence-corrected chi connectivity index (χ2v) is 6.12. The number of thiophene rings is 1. The zero-order chi connectivity index (χ0) is 13.7. The maximum Gasteiger partial charge on any atom is 0.253 e. The van der Waals surface area contributed by atoms with Crippen molar-refractivity contribution in [3.8, 4) is 0 Å². The van der Waals surface area contributed by atoms with Crippen LogP contribution in [0.4, 0.5) is 0 Å². The first kappa shape index (κ1) is 11.9. The van der Waals surface area contributed by atoms with Gasteiger partial charge in [0.15, 0.2) is 0 Å². The van der Waals surface area contributed by atoms with Gasteiger partial charge < -0.3 is 0 Å². The van der Waals surface area contributed by atoms with Crippen molar-refractivity contribution < 1.29 is 4.79 Å². The van der Waals surface area contributed by atoms with E-state index in [2.05, 4.69) is 18.2 Å². The standard InChI is InChI=1S/C17H9ClOS/c18-17(19)13-9-10-5-1-2-6-11(10)15-12-7-3-4-8-14(12)20-16(13)15/h1-9H. The first-order valence-electron chi connectivity index (χ1n) is 6.28. The van der Waals surface area contributed by atoms with Gasteiger partial charge in [-0.2, -0.15) is 0 Å². The van der Waals surface area contributed by atoms with Crippen LogP contribution in [0.3, 0.4) is 0 Å². The number of carbonyl (C=O) groups excluding carboxylic acids is 1. The van der Waals surface area contributed by atoms with Crippen LogP contribution >= 0.6 is 22.9 Å². The Balaban J connectivity index is 2.37. The highest BCUT2D eigenvalue weighted by Gasteiger charge is 2.15. The first-order chi connectivity index (χ1) is 9.75. The van der Waals surface area contributed by atoms with E-state index in [4.69, 9.17) is 11.6 Å². The van der Waals surface area contributed by atoms with Crippen LogP contribution in [0.15, 0.2) is 54.6 Å². The zero-order valence-corrected chi connectivity index (χ0v) is 12.0. The summed E-state index contributed by atoms with van der Waals surface area (Å²) < 4.78 is 2.16. The molecule has 4 rings (SSSR count). The predicted molar refractivity (Wildman–Crippen MR) is 87.0 cm³/mol. The van der Waals surface area contributed by atoms with E-state index in [-0.39, 0.29) is 0 Å². The Kier molecular flexibility index (Phi) is 2.56. The summed E-state index contributed by atoms with van der Waals surface area (Å²) in [6.07, 6.45) is 0. The molecule has 96 valence electrons. The molecule has 0 unspecified atom stereocenters. The van der Waals surface area contributed by atoms with Crippen LogP contribution in [-0.4, -0.2) is 5.24 Å². The minimum atomic E-state index is -0.396. The number of halogens is 1. The maximum atomic E-state index is 11.8. The summed E-state index contributed by atoms with van der Waals surface area (Å²) in [5.74, 6) is 0. The molecule has 1 nitrogen and oxygen atoms in total. The van der Waals surface area contributed by atoms with E-state index in [1.54, 1.807) is 11.3 Å². The molecular weight excluding hydrogens is 288 g/mol. The van der Waals surface area contributed by atoms with Crippen molar-refractivity contribution in [3.05, 3.63) is 60.2 Å². The van der Waals surface area contributed by atoms with E-state index in [0.717, 1.165) is 15.5 Å². The number of carbonyl (C=O) groups is 1. The molecular formula is C17H9ClOS. The Morgan fingerprint density at radius 1 is 0.950 bits per heavy atom. The molecule has 0 fully saturated rings. The van der Waals surface area contributed by atoms with Crippen LogP contribution in [-0.2, 0) is 0 Å². The predicted octanol–water partition coefficient (Wildman–Crippen LogP) is 5.59. The summed E-state index contributed by atoms with van der Waals surface area (Å²) in [7, 11) is 0. The molecule has 0 radical (unpaired) electrons. The van der Waals surface area contributed by atoms with E-state index in [0.29, 0.717) is 5.56 Å². The second kappa shape index (κ2) is 4.30. The smallest absolute Gasteiger partial charge is 0.253 e. The van der Waals surface area contributed by atoms with Gasteiger partial charge in [-0.15, -0.1) is 11.3 Å². The third-order valence-corrected chi connectivity index (χ3v) is 4.99. The molecule has 0 atom stereocenters. The highest BCUT2D eigenvalue weighted by Crippen LogP contribution is 2.40. The summed E-state index contributed by atoms with van der Waals surface area (Å²) in [4.78, 5) is 11.8. The van der Waals surface area contributed by atoms with Gasteiger partial charge in [-0.25, -0.2) is 0 Å². The monoisotopic (exact) mass is 296 g/mol. The van der Waals surface area contributed by atoms with Crippen molar-refractivity contribution in [1.82, 2.24) is 0 Å². The maximum absolute atomic E-state index is 11.8. The normalized spacial score (nSPS) is 11.4. The second-order valence-electron chi connectivity index (χ2n) is 4.72. The molecule has 0 bridgehead atoms. The molecule has 0 aliphatic rings. The molecule has 0 amide bonds. The molecule has 1 heterocycles. The van der Waals surface area contributed by atoms with Crippen LogP contribution in [0.5, 0.6) is 0 Å². The van der Waals surface area contributed by atoms with Crippen LogP contribution < -0.4 is 0 Å². The van der Waals surface area contributed by atoms with E-state index in [1.165, 1.54) is 15.5 Å². The molecule has 0 aliphatic carbocycles. The molecule has 0 spiro atoms. The molecule has 3 aromatic carbocycles. The number of fused-ring (bicyclic) bond motifs is 5. The molecule has 0 saturated heterocycles. The molecule has 0 N–H and O–H groups in total. The van der Waals surface area contributed by atoms with Gasteiger partial charge in [0.2, 0.25) is 0 Å². The summed E-state index contributed by atoms with van der Waals surface area (Å²) in [5, 5.41) is 4.14. The summed E-state index contributed by atoms with van der Waals surface area (Å²) >= 11 is 7.40. The highest BCUT2D eigenvalue weighted by molar-refractivity contribution is 7.26. The minimum Gasteiger partial charge on any atom is -0.276 e. The lowest BCUT2D eigenvalue weighted by molar-refractivity contribution is 0.108. The topological polar surface area (TPSA) is 17.1 Å². The number of hydrogen-bond acceptors (Lipinski definition) is 2. The van der Waals surface area contributed by atoms with E-state index < -0.39 is 5.24 Å². The third kappa shape index (κ3) is 1.59. The fourth-order valence-electron chi connectivity index (χ4n) is 2.72. The Morgan fingerprint density at radius 3 is 2.45 bits per heavy atom. The van der Waals surface area contributed by atoms with Crippen molar-refractivity contribution >= 4 is 59.1 Å². The van der Waals surface area contributed by atoms with Gasteiger partial charge in [0.1, 0.15) is 0 Å². The van der Waals surface area contributed by atoms with E-state index in [1.807, 2.05) is 36.4 Å². The first-order valence-corrected chi connectivity index (χ1v) is 7.48. The van der Waals surface area contributed by atoms with Gasteiger partial charge in [-0.3, -0.25) is 4.79 Å². The van der Waals surface area contributed by atoms with Crippen molar-refractivity contribution in [3.63, 3.8) is 0 Å². The summed E-state index contributed by atoms with van der Waals surface area (Å²) in [5.41, 5.74) is 0.599. The number of hydrogen-bond donors (Lipinski definition) is 0. The van der Waals surface area contributed by atoms with Crippen molar-refractivity contribution in [2.45, 2.75) is 0 Å². The Labute approximate surface area is 124 Å². The van der Waals surface area contributed by atoms with Gasteiger partial charge in [-0.1, -0.05) is 42.5 Å². The lowest BCUT2D eigenvalue weighted by atomic mass is 10.0. The Bertz CT molecular complexity index is 984. The largest absolute Gasteiger partial charge is 0.276 e. The van der Waals surface area contributed by atoms with Gasteiger partial charge in [0, 0.05) is 20.2 Å². The average Bonchev–Trinajstić information content (AvgIpc) is 2.85. The SMILES string of the molecule is O=C(Cl)c1cc2ccccc2c2c1sc1ccccc12. The molecule has 0 aliphatic heterocycles. The fraction of sp³-hybridized carbons (Fsp3) is 0. The fourth-order valence-corrected chi connectivity index (χ4v) is 4.16. The third-order valence-electron chi connectivity index (χ3n) is 3.58. The number of benzene rings is 3. The lowest BCUT2D eigenvalue weighted by Crippen LogP contribution is -1.89. The Morgan fingerprint density at radius 2 is 1.65 bits per heavy atom. The van der Waals surface area contributed by atoms with Gasteiger partial charge >= 0.3 is 0 Å².